The summed E-state index contributed by atoms with van der Waals surface area (Å²) in [6.07, 6.45) is 17.0. The average Bonchev–Trinajstić information content (AvgIpc) is 0.729. The van der Waals surface area contributed by atoms with Crippen LogP contribution in [0.4, 0.5) is 26.0 Å². The first-order valence-corrected chi connectivity index (χ1v) is 29.3. The summed E-state index contributed by atoms with van der Waals surface area (Å²) in [6, 6.07) is 20.4. The van der Waals surface area contributed by atoms with E-state index < -0.39 is 23.6 Å². The Hall–Kier alpha value is -8.67. The lowest BCUT2D eigenvalue weighted by Gasteiger charge is -2.70. The number of amides is 3. The molecule has 88 heavy (non-hydrogen) atoms. The second-order valence-electron chi connectivity index (χ2n) is 23.4. The fourth-order valence-corrected chi connectivity index (χ4v) is 13.2. The third kappa shape index (κ3) is 13.6. The van der Waals surface area contributed by atoms with Gasteiger partial charge in [0.25, 0.3) is 17.7 Å². The summed E-state index contributed by atoms with van der Waals surface area (Å²) in [4.78, 5) is 81.3. The molecular weight excluding hydrogens is 1200 g/mol. The number of ether oxygens (including phenoxy) is 5. The van der Waals surface area contributed by atoms with Gasteiger partial charge in [-0.05, 0) is 144 Å². The number of aromatic nitrogens is 5. The normalized spacial score (nSPS) is 24.0. The van der Waals surface area contributed by atoms with E-state index in [0.717, 1.165) is 92.4 Å². The quantitative estimate of drug-likeness (QED) is 0.0366. The zero-order valence-electron chi connectivity index (χ0n) is 47.9. The molecule has 0 unspecified atom stereocenters. The van der Waals surface area contributed by atoms with Gasteiger partial charge in [-0.25, -0.2) is 33.3 Å². The number of carbonyl (C=O) groups excluding carboxylic acids is 5. The summed E-state index contributed by atoms with van der Waals surface area (Å²) in [6.45, 7) is 3.56. The lowest BCUT2D eigenvalue weighted by molar-refractivity contribution is -0.136. The predicted octanol–water partition coefficient (Wildman–Crippen LogP) is 9.54. The molecule has 4 heterocycles. The van der Waals surface area contributed by atoms with Crippen LogP contribution in [0.2, 0.25) is 15.1 Å². The van der Waals surface area contributed by atoms with Crippen LogP contribution in [0.15, 0.2) is 116 Å². The lowest BCUT2D eigenvalue weighted by Crippen LogP contribution is -2.81. The summed E-state index contributed by atoms with van der Waals surface area (Å²) >= 11 is 17.3. The van der Waals surface area contributed by atoms with E-state index in [1.54, 1.807) is 68.2 Å². The molecule has 9 aliphatic rings. The molecule has 9 fully saturated rings. The van der Waals surface area contributed by atoms with Gasteiger partial charge in [0, 0.05) is 81.4 Å². The first-order valence-electron chi connectivity index (χ1n) is 28.1. The van der Waals surface area contributed by atoms with Gasteiger partial charge in [0.05, 0.1) is 52.5 Å². The molecule has 0 spiro atoms. The van der Waals surface area contributed by atoms with E-state index in [-0.39, 0.29) is 92.3 Å². The smallest absolute Gasteiger partial charge is 0.339 e. The van der Waals surface area contributed by atoms with Crippen LogP contribution in [0.3, 0.4) is 0 Å². The minimum absolute atomic E-state index is 0.0000732. The molecule has 16 rings (SSSR count). The second kappa shape index (κ2) is 24.5. The van der Waals surface area contributed by atoms with Gasteiger partial charge in [0.2, 0.25) is 0 Å². The lowest BCUT2D eigenvalue weighted by atomic mass is 9.44. The number of methoxy groups -OCH3 is 1. The van der Waals surface area contributed by atoms with Crippen LogP contribution in [0.1, 0.15) is 91.0 Å². The first kappa shape index (κ1) is 61.0. The largest absolute Gasteiger partial charge is 0.484 e. The van der Waals surface area contributed by atoms with Crippen LogP contribution >= 0.6 is 34.8 Å². The standard InChI is InChI=1S/C21H21ClFN3O4.C21H20ClN5O2.C20H19ClFN3O4/c1-2-29-19(28)13-5-14(8-24-7-13)25-20-10-21(11-20,12-20)26-18(27)9-30-15-3-4-16(22)17(23)6-15;1-13-6-15(2-3-16(13)22)29-9-18(28)27-21-10-20(11-21,12-21)26-14-7-17-19(25-8-14)24-5-4-23-17;1-28-18(27)12-4-5-23-16(6-12)24-19-9-20(10-19,11-19)25-17(26)8-29-13-2-3-14(21)15(22)7-13/h3-8,25H,2,9-12H2,1H3,(H,26,27);2-8,26H,9-12H2,1H3,(H,27,28);2-7H,8-11H2,1H3,(H,23,24)(H,25,26). The van der Waals surface area contributed by atoms with Crippen molar-refractivity contribution in [3.63, 3.8) is 0 Å². The Morgan fingerprint density at radius 2 is 1.00 bits per heavy atom. The van der Waals surface area contributed by atoms with Gasteiger partial charge >= 0.3 is 11.9 Å². The van der Waals surface area contributed by atoms with Crippen LogP contribution in [0, 0.1) is 18.6 Å². The van der Waals surface area contributed by atoms with Crippen LogP contribution in [-0.2, 0) is 23.9 Å². The summed E-state index contributed by atoms with van der Waals surface area (Å²) < 4.78 is 52.8. The number of hydrogen-bond donors (Lipinski definition) is 6. The number of fused-ring (bicyclic) bond motifs is 1. The number of carbonyl (C=O) groups is 5. The molecule has 0 atom stereocenters. The molecule has 9 aliphatic carbocycles. The summed E-state index contributed by atoms with van der Waals surface area (Å²) in [7, 11) is 1.33. The number of nitrogens with zero attached hydrogens (tertiary/aromatic N) is 5. The Labute approximate surface area is 518 Å². The van der Waals surface area contributed by atoms with E-state index in [9.17, 15) is 32.8 Å². The number of benzene rings is 3. The Morgan fingerprint density at radius 3 is 1.50 bits per heavy atom. The fourth-order valence-electron chi connectivity index (χ4n) is 12.8. The van der Waals surface area contributed by atoms with Gasteiger partial charge in [-0.15, -0.1) is 0 Å². The molecule has 0 saturated heterocycles. The van der Waals surface area contributed by atoms with Crippen molar-refractivity contribution < 1.29 is 56.4 Å². The van der Waals surface area contributed by atoms with Crippen molar-refractivity contribution in [2.45, 2.75) is 105 Å². The van der Waals surface area contributed by atoms with Crippen LogP contribution in [-0.4, -0.2) is 121 Å². The van der Waals surface area contributed by atoms with Gasteiger partial charge < -0.3 is 55.6 Å². The SMILES string of the molecule is CCOC(=O)c1cncc(NC23CC(NC(=O)COc4ccc(Cl)c(F)c4)(C2)C3)c1.COC(=O)c1ccnc(NC23CC(NC(=O)COc4ccc(Cl)c(F)c4)(C2)C3)c1.Cc1cc(OCC(=O)NC23CC(Nc4cnc5nccnc5c4)(C2)C3)ccc1Cl. The minimum Gasteiger partial charge on any atom is -0.484 e. The van der Waals surface area contributed by atoms with E-state index in [0.29, 0.717) is 40.0 Å². The maximum Gasteiger partial charge on any atom is 0.339 e. The summed E-state index contributed by atoms with van der Waals surface area (Å²) in [5.74, 6) is -0.910. The van der Waals surface area contributed by atoms with Crippen LogP contribution in [0.25, 0.3) is 11.2 Å². The molecule has 6 bridgehead atoms. The molecule has 3 aromatic carbocycles. The van der Waals surface area contributed by atoms with E-state index >= 15 is 0 Å². The van der Waals surface area contributed by atoms with Gasteiger partial charge in [0.1, 0.15) is 40.2 Å². The third-order valence-electron chi connectivity index (χ3n) is 16.3. The van der Waals surface area contributed by atoms with Crippen LogP contribution in [0.5, 0.6) is 17.2 Å². The summed E-state index contributed by atoms with van der Waals surface area (Å²) in [5, 5.41) is 20.1. The van der Waals surface area contributed by atoms with Crippen molar-refractivity contribution in [1.82, 2.24) is 40.9 Å². The first-order chi connectivity index (χ1) is 42.1. The molecule has 458 valence electrons. The zero-order valence-corrected chi connectivity index (χ0v) is 50.1. The molecule has 7 aromatic rings. The molecular formula is C62H60Cl3F2N11O10. The van der Waals surface area contributed by atoms with E-state index in [1.807, 2.05) is 19.1 Å². The maximum atomic E-state index is 13.4. The van der Waals surface area contributed by atoms with E-state index in [2.05, 4.69) is 56.8 Å². The zero-order chi connectivity index (χ0) is 62.1. The van der Waals surface area contributed by atoms with Crippen molar-refractivity contribution >= 4 is 92.8 Å². The molecule has 6 N–H and O–H groups in total. The molecule has 0 radical (unpaired) electrons. The topological polar surface area (TPSA) is 268 Å². The highest BCUT2D eigenvalue weighted by Gasteiger charge is 2.70. The number of halogens is 5. The third-order valence-corrected chi connectivity index (χ3v) is 17.3. The van der Waals surface area contributed by atoms with Crippen molar-refractivity contribution in [2.75, 3.05) is 49.5 Å². The Kier molecular flexibility index (Phi) is 17.0. The fraction of sp³-hybridized carbons (Fsp3) is 0.355. The van der Waals surface area contributed by atoms with Gasteiger partial charge in [-0.1, -0.05) is 34.8 Å². The highest BCUT2D eigenvalue weighted by atomic mass is 35.5. The Bertz CT molecular complexity index is 3830. The Morgan fingerprint density at radius 1 is 0.511 bits per heavy atom. The molecule has 26 heteroatoms. The number of esters is 2. The number of rotatable bonds is 21. The number of aryl methyl sites for hydroxylation is 1. The van der Waals surface area contributed by atoms with E-state index in [1.165, 1.54) is 37.6 Å². The van der Waals surface area contributed by atoms with Crippen molar-refractivity contribution in [3.8, 4) is 17.2 Å². The second-order valence-corrected chi connectivity index (χ2v) is 24.7. The van der Waals surface area contributed by atoms with Crippen molar-refractivity contribution in [1.29, 1.82) is 0 Å². The number of hydrogen-bond acceptors (Lipinski definition) is 18. The van der Waals surface area contributed by atoms with Crippen molar-refractivity contribution in [3.05, 3.63) is 159 Å². The predicted molar refractivity (Wildman–Crippen MR) is 322 cm³/mol. The molecule has 9 saturated carbocycles. The highest BCUT2D eigenvalue weighted by Crippen LogP contribution is 2.63. The van der Waals surface area contributed by atoms with Crippen molar-refractivity contribution in [2.24, 2.45) is 0 Å². The minimum atomic E-state index is -0.595. The number of pyridine rings is 3. The molecule has 21 nitrogen and oxygen atoms in total. The Balaban J connectivity index is 0.000000136. The highest BCUT2D eigenvalue weighted by molar-refractivity contribution is 6.31. The monoisotopic (exact) mass is 1260 g/mol. The van der Waals surface area contributed by atoms with Crippen LogP contribution < -0.4 is 46.1 Å². The number of anilines is 3. The summed E-state index contributed by atoms with van der Waals surface area (Å²) in [5.41, 5.74) is 3.99. The van der Waals surface area contributed by atoms with Gasteiger partial charge in [-0.3, -0.25) is 24.4 Å². The average molecular weight is 1260 g/mol. The number of nitrogens with one attached hydrogen (secondary N) is 6. The maximum absolute atomic E-state index is 13.4. The van der Waals surface area contributed by atoms with Gasteiger partial charge in [-0.2, -0.15) is 0 Å². The molecule has 3 amide bonds. The molecule has 0 aliphatic heterocycles. The van der Waals surface area contributed by atoms with E-state index in [4.69, 9.17) is 58.5 Å². The van der Waals surface area contributed by atoms with Gasteiger partial charge in [0.15, 0.2) is 25.5 Å². The molecule has 4 aromatic heterocycles.